The van der Waals surface area contributed by atoms with E-state index >= 15 is 0 Å². The zero-order valence-corrected chi connectivity index (χ0v) is 5.39. The van der Waals surface area contributed by atoms with Crippen LogP contribution in [-0.2, 0) is 4.79 Å². The van der Waals surface area contributed by atoms with Crippen LogP contribution in [0.4, 0.5) is 0 Å². The van der Waals surface area contributed by atoms with E-state index in [9.17, 15) is 4.79 Å². The summed E-state index contributed by atoms with van der Waals surface area (Å²) in [6.45, 7) is 3.78. The fourth-order valence-corrected chi connectivity index (χ4v) is 1.17. The Hall–Kier alpha value is -0.790. The Balaban J connectivity index is 2.48. The maximum atomic E-state index is 10.5. The molecule has 0 aromatic heterocycles. The summed E-state index contributed by atoms with van der Waals surface area (Å²) < 4.78 is 0. The number of hydrogen-bond donors (Lipinski definition) is 1. The van der Waals surface area contributed by atoms with Crippen LogP contribution in [0.5, 0.6) is 0 Å². The molecular weight excluding hydrogens is 114 g/mol. The van der Waals surface area contributed by atoms with E-state index in [2.05, 4.69) is 6.58 Å². The molecule has 1 aliphatic carbocycles. The summed E-state index contributed by atoms with van der Waals surface area (Å²) in [7, 11) is 0. The molecular formula is C7H11NO. The van der Waals surface area contributed by atoms with Crippen LogP contribution in [0.25, 0.3) is 0 Å². The monoisotopic (exact) mass is 125 g/mol. The summed E-state index contributed by atoms with van der Waals surface area (Å²) in [5.74, 6) is -0.0915. The van der Waals surface area contributed by atoms with Gasteiger partial charge < -0.3 is 5.73 Å². The lowest BCUT2D eigenvalue weighted by molar-refractivity contribution is -0.121. The van der Waals surface area contributed by atoms with Gasteiger partial charge in [0.05, 0.1) is 0 Å². The summed E-state index contributed by atoms with van der Waals surface area (Å²) in [4.78, 5) is 10.5. The van der Waals surface area contributed by atoms with Crippen LogP contribution in [0, 0.1) is 5.92 Å². The summed E-state index contributed by atoms with van der Waals surface area (Å²) in [6, 6.07) is 0. The minimum absolute atomic E-state index is 0.0810. The molecule has 1 unspecified atom stereocenters. The topological polar surface area (TPSA) is 43.1 Å². The molecule has 1 saturated carbocycles. The fourth-order valence-electron chi connectivity index (χ4n) is 1.17. The third kappa shape index (κ3) is 1.31. The van der Waals surface area contributed by atoms with Crippen molar-refractivity contribution in [3.05, 3.63) is 12.2 Å². The Labute approximate surface area is 54.7 Å². The Morgan fingerprint density at radius 2 is 2.44 bits per heavy atom. The first-order valence-corrected chi connectivity index (χ1v) is 3.16. The van der Waals surface area contributed by atoms with Gasteiger partial charge in [0.25, 0.3) is 0 Å². The third-order valence-corrected chi connectivity index (χ3v) is 1.78. The number of primary amides is 1. The van der Waals surface area contributed by atoms with E-state index in [1.807, 2.05) is 0 Å². The average Bonchev–Trinajstić information content (AvgIpc) is 2.14. The van der Waals surface area contributed by atoms with Crippen LogP contribution in [-0.4, -0.2) is 5.91 Å². The average molecular weight is 125 g/mol. The molecule has 0 heterocycles. The Morgan fingerprint density at radius 3 is 2.67 bits per heavy atom. The van der Waals surface area contributed by atoms with Crippen LogP contribution in [0.3, 0.4) is 0 Å². The van der Waals surface area contributed by atoms with E-state index in [1.165, 1.54) is 5.57 Å². The standard InChI is InChI=1S/C7H11NO/c1-5-2-3-6(4-5)7(8)9/h6H,1-4H2,(H2,8,9). The SMILES string of the molecule is C=C1CCC(C(N)=O)C1. The van der Waals surface area contributed by atoms with Crippen LogP contribution in [0.15, 0.2) is 12.2 Å². The summed E-state index contributed by atoms with van der Waals surface area (Å²) >= 11 is 0. The number of hydrogen-bond acceptors (Lipinski definition) is 1. The maximum Gasteiger partial charge on any atom is 0.220 e. The zero-order chi connectivity index (χ0) is 6.85. The largest absolute Gasteiger partial charge is 0.369 e. The predicted molar refractivity (Wildman–Crippen MR) is 35.7 cm³/mol. The molecule has 2 heteroatoms. The van der Waals surface area contributed by atoms with Crippen molar-refractivity contribution in [3.8, 4) is 0 Å². The van der Waals surface area contributed by atoms with E-state index in [-0.39, 0.29) is 11.8 Å². The molecule has 1 amide bonds. The molecule has 1 fully saturated rings. The molecule has 0 aliphatic heterocycles. The minimum Gasteiger partial charge on any atom is -0.369 e. The molecule has 2 N–H and O–H groups in total. The molecule has 1 aliphatic rings. The van der Waals surface area contributed by atoms with Crippen molar-refractivity contribution in [2.75, 3.05) is 0 Å². The highest BCUT2D eigenvalue weighted by Gasteiger charge is 2.22. The summed E-state index contributed by atoms with van der Waals surface area (Å²) in [5.41, 5.74) is 6.25. The summed E-state index contributed by atoms with van der Waals surface area (Å²) in [6.07, 6.45) is 2.71. The molecule has 0 saturated heterocycles. The first-order valence-electron chi connectivity index (χ1n) is 3.16. The quantitative estimate of drug-likeness (QED) is 0.518. The van der Waals surface area contributed by atoms with Gasteiger partial charge in [-0.15, -0.1) is 0 Å². The van der Waals surface area contributed by atoms with Crippen LogP contribution < -0.4 is 5.73 Å². The number of nitrogens with two attached hydrogens (primary N) is 1. The van der Waals surface area contributed by atoms with E-state index < -0.39 is 0 Å². The molecule has 0 aromatic rings. The van der Waals surface area contributed by atoms with Gasteiger partial charge >= 0.3 is 0 Å². The fraction of sp³-hybridized carbons (Fsp3) is 0.571. The normalized spacial score (nSPS) is 26.7. The van der Waals surface area contributed by atoms with Crippen molar-refractivity contribution in [2.45, 2.75) is 19.3 Å². The van der Waals surface area contributed by atoms with Gasteiger partial charge in [0.15, 0.2) is 0 Å². The molecule has 9 heavy (non-hydrogen) atoms. The number of carbonyl (C=O) groups is 1. The van der Waals surface area contributed by atoms with Gasteiger partial charge in [-0.25, -0.2) is 0 Å². The lowest BCUT2D eigenvalue weighted by atomic mass is 10.1. The van der Waals surface area contributed by atoms with Crippen molar-refractivity contribution < 1.29 is 4.79 Å². The van der Waals surface area contributed by atoms with Crippen LogP contribution >= 0.6 is 0 Å². The predicted octanol–water partition coefficient (Wildman–Crippen LogP) is 0.828. The first kappa shape index (κ1) is 6.33. The first-order chi connectivity index (χ1) is 4.20. The smallest absolute Gasteiger partial charge is 0.220 e. The molecule has 2 nitrogen and oxygen atoms in total. The van der Waals surface area contributed by atoms with Gasteiger partial charge in [-0.1, -0.05) is 12.2 Å². The number of carbonyl (C=O) groups excluding carboxylic acids is 1. The molecule has 0 radical (unpaired) electrons. The number of amides is 1. The molecule has 0 spiro atoms. The van der Waals surface area contributed by atoms with Crippen molar-refractivity contribution in [2.24, 2.45) is 11.7 Å². The molecule has 1 atom stereocenters. The Morgan fingerprint density at radius 1 is 1.78 bits per heavy atom. The van der Waals surface area contributed by atoms with Crippen molar-refractivity contribution in [3.63, 3.8) is 0 Å². The summed E-state index contributed by atoms with van der Waals surface area (Å²) in [5, 5.41) is 0. The van der Waals surface area contributed by atoms with Gasteiger partial charge in [-0.2, -0.15) is 0 Å². The number of rotatable bonds is 1. The second-order valence-electron chi connectivity index (χ2n) is 2.59. The van der Waals surface area contributed by atoms with Crippen LogP contribution in [0.2, 0.25) is 0 Å². The Bertz CT molecular complexity index is 151. The number of allylic oxidation sites excluding steroid dienone is 1. The highest BCUT2D eigenvalue weighted by molar-refractivity contribution is 5.77. The van der Waals surface area contributed by atoms with Crippen molar-refractivity contribution >= 4 is 5.91 Å². The van der Waals surface area contributed by atoms with Gasteiger partial charge in [0, 0.05) is 5.92 Å². The van der Waals surface area contributed by atoms with Gasteiger partial charge in [-0.3, -0.25) is 4.79 Å². The molecule has 50 valence electrons. The van der Waals surface area contributed by atoms with Gasteiger partial charge in [-0.05, 0) is 19.3 Å². The highest BCUT2D eigenvalue weighted by atomic mass is 16.1. The lowest BCUT2D eigenvalue weighted by Crippen LogP contribution is -2.20. The third-order valence-electron chi connectivity index (χ3n) is 1.78. The second-order valence-corrected chi connectivity index (χ2v) is 2.59. The van der Waals surface area contributed by atoms with Crippen molar-refractivity contribution in [1.29, 1.82) is 0 Å². The second kappa shape index (κ2) is 2.21. The zero-order valence-electron chi connectivity index (χ0n) is 5.39. The lowest BCUT2D eigenvalue weighted by Gasteiger charge is -1.99. The van der Waals surface area contributed by atoms with E-state index in [0.717, 1.165) is 19.3 Å². The minimum atomic E-state index is -0.173. The Kier molecular flexibility index (Phi) is 1.56. The van der Waals surface area contributed by atoms with E-state index in [0.29, 0.717) is 0 Å². The van der Waals surface area contributed by atoms with E-state index in [4.69, 9.17) is 5.73 Å². The molecule has 0 bridgehead atoms. The maximum absolute atomic E-state index is 10.5. The van der Waals surface area contributed by atoms with Gasteiger partial charge in [0.1, 0.15) is 0 Å². The van der Waals surface area contributed by atoms with E-state index in [1.54, 1.807) is 0 Å². The van der Waals surface area contributed by atoms with Crippen LogP contribution in [0.1, 0.15) is 19.3 Å². The van der Waals surface area contributed by atoms with Gasteiger partial charge in [0.2, 0.25) is 5.91 Å². The highest BCUT2D eigenvalue weighted by Crippen LogP contribution is 2.27. The van der Waals surface area contributed by atoms with Crippen molar-refractivity contribution in [1.82, 2.24) is 0 Å². The molecule has 0 aromatic carbocycles. The molecule has 1 rings (SSSR count).